The van der Waals surface area contributed by atoms with Crippen LogP contribution in [0, 0.1) is 6.92 Å². The molecule has 5 aromatic carbocycles. The third kappa shape index (κ3) is 3.27. The molecule has 0 radical (unpaired) electrons. The maximum absolute atomic E-state index is 2.48. The van der Waals surface area contributed by atoms with E-state index in [9.17, 15) is 0 Å². The predicted octanol–water partition coefficient (Wildman–Crippen LogP) is 10.1. The molecule has 0 atom stereocenters. The Hall–Kier alpha value is -4.10. The minimum atomic E-state index is -0.414. The van der Waals surface area contributed by atoms with Gasteiger partial charge in [0, 0.05) is 11.1 Å². The Labute approximate surface area is 239 Å². The summed E-state index contributed by atoms with van der Waals surface area (Å²) < 4.78 is 0. The summed E-state index contributed by atoms with van der Waals surface area (Å²) in [6.07, 6.45) is 0. The van der Waals surface area contributed by atoms with Crippen LogP contribution in [0.5, 0.6) is 0 Å². The van der Waals surface area contributed by atoms with Gasteiger partial charge in [0.2, 0.25) is 0 Å². The van der Waals surface area contributed by atoms with E-state index in [1.54, 1.807) is 0 Å². The molecule has 0 amide bonds. The Morgan fingerprint density at radius 2 is 1.02 bits per heavy atom. The summed E-state index contributed by atoms with van der Waals surface area (Å²) in [6.45, 7) is 13.8. The monoisotopic (exact) mass is 519 g/mol. The van der Waals surface area contributed by atoms with Gasteiger partial charge in [0.25, 0.3) is 0 Å². The number of aryl methyl sites for hydroxylation is 1. The third-order valence-electron chi connectivity index (χ3n) is 9.35. The van der Waals surface area contributed by atoms with Crippen molar-refractivity contribution in [3.8, 4) is 0 Å². The largest absolute Gasteiger partial charge is 0.310 e. The van der Waals surface area contributed by atoms with E-state index in [0.29, 0.717) is 0 Å². The molecule has 0 saturated carbocycles. The summed E-state index contributed by atoms with van der Waals surface area (Å²) in [5, 5.41) is 0. The smallest absolute Gasteiger partial charge is 0.0748 e. The van der Waals surface area contributed by atoms with E-state index in [2.05, 4.69) is 162 Å². The fraction of sp³-hybridized carbons (Fsp3) is 0.231. The Balaban J connectivity index is 1.61. The van der Waals surface area contributed by atoms with Gasteiger partial charge in [0.1, 0.15) is 0 Å². The first kappa shape index (κ1) is 24.9. The van der Waals surface area contributed by atoms with Crippen molar-refractivity contribution in [2.24, 2.45) is 0 Å². The highest BCUT2D eigenvalue weighted by molar-refractivity contribution is 5.91. The number of nitrogens with zero attached hydrogens (tertiary/aromatic N) is 1. The van der Waals surface area contributed by atoms with Gasteiger partial charge in [-0.25, -0.2) is 0 Å². The SMILES string of the molecule is Cc1ccc2c(c1)C1(c3ccccc3N2c2ccc(C(C)(C)C)cc2)c2ccccc2C(C)(C)c2ccccc21. The lowest BCUT2D eigenvalue weighted by atomic mass is 9.53. The van der Waals surface area contributed by atoms with Crippen molar-refractivity contribution in [1.29, 1.82) is 0 Å². The molecule has 0 bridgehead atoms. The number of para-hydroxylation sites is 1. The van der Waals surface area contributed by atoms with Crippen LogP contribution in [0.2, 0.25) is 0 Å². The van der Waals surface area contributed by atoms with Gasteiger partial charge >= 0.3 is 0 Å². The lowest BCUT2D eigenvalue weighted by Gasteiger charge is -2.52. The molecule has 0 saturated heterocycles. The van der Waals surface area contributed by atoms with Crippen molar-refractivity contribution in [2.75, 3.05) is 4.90 Å². The highest BCUT2D eigenvalue weighted by Crippen LogP contribution is 2.62. The van der Waals surface area contributed by atoms with Crippen LogP contribution in [-0.2, 0) is 16.2 Å². The van der Waals surface area contributed by atoms with E-state index in [0.717, 1.165) is 0 Å². The van der Waals surface area contributed by atoms with Crippen molar-refractivity contribution in [1.82, 2.24) is 0 Å². The lowest BCUT2D eigenvalue weighted by Crippen LogP contribution is -2.45. The van der Waals surface area contributed by atoms with Crippen molar-refractivity contribution in [2.45, 2.75) is 57.8 Å². The van der Waals surface area contributed by atoms with Gasteiger partial charge in [0.05, 0.1) is 16.8 Å². The Kier molecular flexibility index (Phi) is 5.26. The molecule has 0 unspecified atom stereocenters. The molecule has 1 spiro atoms. The molecule has 1 aliphatic carbocycles. The summed E-state index contributed by atoms with van der Waals surface area (Å²) in [5.41, 5.74) is 14.2. The Morgan fingerprint density at radius 1 is 0.525 bits per heavy atom. The average molecular weight is 520 g/mol. The summed E-state index contributed by atoms with van der Waals surface area (Å²) in [7, 11) is 0. The van der Waals surface area contributed by atoms with Crippen LogP contribution in [-0.4, -0.2) is 0 Å². The average Bonchev–Trinajstić information content (AvgIpc) is 2.95. The van der Waals surface area contributed by atoms with Gasteiger partial charge in [-0.15, -0.1) is 0 Å². The number of hydrogen-bond acceptors (Lipinski definition) is 1. The normalized spacial score (nSPS) is 16.1. The molecular formula is C39H37N. The second-order valence-corrected chi connectivity index (χ2v) is 13.1. The summed E-state index contributed by atoms with van der Waals surface area (Å²) in [4.78, 5) is 2.48. The maximum Gasteiger partial charge on any atom is 0.0748 e. The van der Waals surface area contributed by atoms with E-state index in [-0.39, 0.29) is 10.8 Å². The zero-order valence-corrected chi connectivity index (χ0v) is 24.4. The highest BCUT2D eigenvalue weighted by Gasteiger charge is 2.53. The first-order chi connectivity index (χ1) is 19.1. The first-order valence-corrected chi connectivity index (χ1v) is 14.5. The zero-order valence-electron chi connectivity index (χ0n) is 24.4. The molecule has 1 heteroatoms. The van der Waals surface area contributed by atoms with Gasteiger partial charge in [-0.2, -0.15) is 0 Å². The van der Waals surface area contributed by atoms with Crippen LogP contribution in [0.4, 0.5) is 17.1 Å². The van der Waals surface area contributed by atoms with Crippen LogP contribution >= 0.6 is 0 Å². The zero-order chi connectivity index (χ0) is 27.9. The van der Waals surface area contributed by atoms with Gasteiger partial charge in [-0.05, 0) is 75.5 Å². The van der Waals surface area contributed by atoms with Gasteiger partial charge in [0.15, 0.2) is 0 Å². The second-order valence-electron chi connectivity index (χ2n) is 13.1. The van der Waals surface area contributed by atoms with E-state index in [1.165, 1.54) is 61.6 Å². The third-order valence-corrected chi connectivity index (χ3v) is 9.35. The van der Waals surface area contributed by atoms with Crippen LogP contribution in [0.15, 0.2) is 115 Å². The lowest BCUT2D eigenvalue weighted by molar-refractivity contribution is 0.556. The van der Waals surface area contributed by atoms with Crippen LogP contribution in [0.3, 0.4) is 0 Å². The Bertz CT molecular complexity index is 1710. The van der Waals surface area contributed by atoms with E-state index < -0.39 is 5.41 Å². The molecule has 1 nitrogen and oxygen atoms in total. The molecule has 1 heterocycles. The number of fused-ring (bicyclic) bond motifs is 8. The summed E-state index contributed by atoms with van der Waals surface area (Å²) >= 11 is 0. The fourth-order valence-corrected chi connectivity index (χ4v) is 7.38. The molecule has 2 aliphatic rings. The van der Waals surface area contributed by atoms with Crippen molar-refractivity contribution >= 4 is 17.1 Å². The molecule has 0 aromatic heterocycles. The van der Waals surface area contributed by atoms with Crippen LogP contribution < -0.4 is 4.90 Å². The minimum Gasteiger partial charge on any atom is -0.310 e. The molecule has 198 valence electrons. The molecule has 40 heavy (non-hydrogen) atoms. The van der Waals surface area contributed by atoms with Crippen molar-refractivity contribution in [3.05, 3.63) is 160 Å². The van der Waals surface area contributed by atoms with Gasteiger partial charge < -0.3 is 4.90 Å². The fourth-order valence-electron chi connectivity index (χ4n) is 7.38. The molecule has 0 fully saturated rings. The quantitative estimate of drug-likeness (QED) is 0.209. The molecule has 1 aliphatic heterocycles. The molecule has 7 rings (SSSR count). The number of benzene rings is 5. The highest BCUT2D eigenvalue weighted by atomic mass is 15.2. The Morgan fingerprint density at radius 3 is 1.60 bits per heavy atom. The van der Waals surface area contributed by atoms with E-state index in [4.69, 9.17) is 0 Å². The summed E-state index contributed by atoms with van der Waals surface area (Å²) in [5.74, 6) is 0. The minimum absolute atomic E-state index is 0.0999. The van der Waals surface area contributed by atoms with Crippen LogP contribution in [0.1, 0.15) is 79.1 Å². The molecular weight excluding hydrogens is 482 g/mol. The van der Waals surface area contributed by atoms with E-state index >= 15 is 0 Å². The predicted molar refractivity (Wildman–Crippen MR) is 169 cm³/mol. The van der Waals surface area contributed by atoms with Crippen LogP contribution in [0.25, 0.3) is 0 Å². The first-order valence-electron chi connectivity index (χ1n) is 14.5. The topological polar surface area (TPSA) is 3.24 Å². The van der Waals surface area contributed by atoms with Gasteiger partial charge in [-0.1, -0.05) is 131 Å². The standard InChI is InChI=1S/C39H37N/c1-26-19-24-36-34(25-26)39(31-15-9-7-13-29(31)38(5,6)30-14-8-10-16-32(30)39)33-17-11-12-18-35(33)40(36)28-22-20-27(21-23-28)37(2,3)4/h7-25H,1-6H3. The number of hydrogen-bond donors (Lipinski definition) is 0. The number of rotatable bonds is 1. The van der Waals surface area contributed by atoms with Crippen molar-refractivity contribution < 1.29 is 0 Å². The molecule has 0 N–H and O–H groups in total. The van der Waals surface area contributed by atoms with E-state index in [1.807, 2.05) is 0 Å². The number of anilines is 3. The molecule has 5 aromatic rings. The second kappa shape index (κ2) is 8.45. The maximum atomic E-state index is 2.48. The van der Waals surface area contributed by atoms with Gasteiger partial charge in [-0.3, -0.25) is 0 Å². The summed E-state index contributed by atoms with van der Waals surface area (Å²) in [6, 6.07) is 43.6. The van der Waals surface area contributed by atoms with Crippen molar-refractivity contribution in [3.63, 3.8) is 0 Å².